The SMILES string of the molecule is COc1ccc(C(=O)O)cc1NC(=O)C1(C)CCCO1. The summed E-state index contributed by atoms with van der Waals surface area (Å²) >= 11 is 0. The van der Waals surface area contributed by atoms with Crippen molar-refractivity contribution in [1.29, 1.82) is 0 Å². The number of carbonyl (C=O) groups is 2. The molecule has 1 fully saturated rings. The van der Waals surface area contributed by atoms with Crippen molar-refractivity contribution in [1.82, 2.24) is 0 Å². The van der Waals surface area contributed by atoms with Crippen LogP contribution < -0.4 is 10.1 Å². The normalized spacial score (nSPS) is 21.5. The number of carboxylic acids is 1. The quantitative estimate of drug-likeness (QED) is 0.879. The van der Waals surface area contributed by atoms with Gasteiger partial charge in [0.25, 0.3) is 5.91 Å². The van der Waals surface area contributed by atoms with E-state index in [1.54, 1.807) is 6.92 Å². The van der Waals surface area contributed by atoms with Crippen molar-refractivity contribution in [3.05, 3.63) is 23.8 Å². The van der Waals surface area contributed by atoms with Gasteiger partial charge in [-0.05, 0) is 38.0 Å². The van der Waals surface area contributed by atoms with Gasteiger partial charge in [0, 0.05) is 6.61 Å². The van der Waals surface area contributed by atoms with E-state index in [0.717, 1.165) is 6.42 Å². The zero-order valence-electron chi connectivity index (χ0n) is 11.4. The third-order valence-corrected chi connectivity index (χ3v) is 3.39. The highest BCUT2D eigenvalue weighted by Crippen LogP contribution is 2.30. The van der Waals surface area contributed by atoms with Crippen molar-refractivity contribution in [2.45, 2.75) is 25.4 Å². The van der Waals surface area contributed by atoms with Gasteiger partial charge in [0.15, 0.2) is 0 Å². The number of rotatable bonds is 4. The Morgan fingerprint density at radius 1 is 1.45 bits per heavy atom. The number of carboxylic acid groups (broad SMARTS) is 1. The van der Waals surface area contributed by atoms with Crippen LogP contribution >= 0.6 is 0 Å². The maximum atomic E-state index is 12.2. The van der Waals surface area contributed by atoms with Gasteiger partial charge in [-0.25, -0.2) is 4.79 Å². The number of hydrogen-bond donors (Lipinski definition) is 2. The van der Waals surface area contributed by atoms with Gasteiger partial charge in [0.1, 0.15) is 11.4 Å². The number of ether oxygens (including phenoxy) is 2. The monoisotopic (exact) mass is 279 g/mol. The molecule has 0 aromatic heterocycles. The Kier molecular flexibility index (Phi) is 3.94. The predicted molar refractivity (Wildman–Crippen MR) is 72.2 cm³/mol. The van der Waals surface area contributed by atoms with E-state index in [1.165, 1.54) is 25.3 Å². The summed E-state index contributed by atoms with van der Waals surface area (Å²) in [5.41, 5.74) is -0.461. The molecule has 20 heavy (non-hydrogen) atoms. The molecule has 2 N–H and O–H groups in total. The summed E-state index contributed by atoms with van der Waals surface area (Å²) < 4.78 is 10.6. The lowest BCUT2D eigenvalue weighted by atomic mass is 10.0. The van der Waals surface area contributed by atoms with Gasteiger partial charge in [-0.15, -0.1) is 0 Å². The summed E-state index contributed by atoms with van der Waals surface area (Å²) in [6.07, 6.45) is 1.47. The van der Waals surface area contributed by atoms with E-state index >= 15 is 0 Å². The molecule has 1 amide bonds. The lowest BCUT2D eigenvalue weighted by Gasteiger charge is -2.22. The van der Waals surface area contributed by atoms with Crippen LogP contribution in [-0.4, -0.2) is 36.3 Å². The van der Waals surface area contributed by atoms with Crippen LogP contribution in [0.15, 0.2) is 18.2 Å². The first kappa shape index (κ1) is 14.3. The molecule has 1 heterocycles. The van der Waals surface area contributed by atoms with Gasteiger partial charge in [-0.1, -0.05) is 0 Å². The van der Waals surface area contributed by atoms with E-state index in [9.17, 15) is 9.59 Å². The number of methoxy groups -OCH3 is 1. The maximum Gasteiger partial charge on any atom is 0.335 e. The predicted octanol–water partition coefficient (Wildman–Crippen LogP) is 1.90. The maximum absolute atomic E-state index is 12.2. The van der Waals surface area contributed by atoms with Crippen LogP contribution in [0.5, 0.6) is 5.75 Å². The number of carbonyl (C=O) groups excluding carboxylic acids is 1. The first-order valence-corrected chi connectivity index (χ1v) is 6.33. The van der Waals surface area contributed by atoms with Gasteiger partial charge >= 0.3 is 5.97 Å². The smallest absolute Gasteiger partial charge is 0.335 e. The van der Waals surface area contributed by atoms with Crippen LogP contribution in [0.25, 0.3) is 0 Å². The molecule has 1 aromatic carbocycles. The van der Waals surface area contributed by atoms with E-state index in [4.69, 9.17) is 14.6 Å². The molecule has 0 radical (unpaired) electrons. The first-order valence-electron chi connectivity index (χ1n) is 6.33. The molecule has 1 unspecified atom stereocenters. The van der Waals surface area contributed by atoms with Gasteiger partial charge in [-0.3, -0.25) is 4.79 Å². The molecule has 0 saturated carbocycles. The second-order valence-corrected chi connectivity index (χ2v) is 4.86. The summed E-state index contributed by atoms with van der Waals surface area (Å²) in [5, 5.41) is 11.7. The van der Waals surface area contributed by atoms with E-state index in [1.807, 2.05) is 0 Å². The van der Waals surface area contributed by atoms with Crippen LogP contribution in [0.2, 0.25) is 0 Å². The minimum Gasteiger partial charge on any atom is -0.495 e. The van der Waals surface area contributed by atoms with Gasteiger partial charge in [0.2, 0.25) is 0 Å². The molecule has 1 aromatic rings. The molecule has 6 nitrogen and oxygen atoms in total. The second kappa shape index (κ2) is 5.50. The van der Waals surface area contributed by atoms with Gasteiger partial charge < -0.3 is 19.9 Å². The Morgan fingerprint density at radius 2 is 2.20 bits per heavy atom. The number of hydrogen-bond acceptors (Lipinski definition) is 4. The lowest BCUT2D eigenvalue weighted by Crippen LogP contribution is -2.39. The van der Waals surface area contributed by atoms with Crippen LogP contribution in [0.1, 0.15) is 30.1 Å². The van der Waals surface area contributed by atoms with Crippen molar-refractivity contribution in [3.8, 4) is 5.75 Å². The third kappa shape index (κ3) is 2.75. The zero-order valence-corrected chi connectivity index (χ0v) is 11.4. The highest BCUT2D eigenvalue weighted by molar-refractivity contribution is 5.99. The van der Waals surface area contributed by atoms with Crippen molar-refractivity contribution < 1.29 is 24.2 Å². The summed E-state index contributed by atoms with van der Waals surface area (Å²) in [6, 6.07) is 4.30. The lowest BCUT2D eigenvalue weighted by molar-refractivity contribution is -0.133. The molecule has 0 bridgehead atoms. The summed E-state index contributed by atoms with van der Waals surface area (Å²) in [7, 11) is 1.46. The summed E-state index contributed by atoms with van der Waals surface area (Å²) in [6.45, 7) is 2.28. The fraction of sp³-hybridized carbons (Fsp3) is 0.429. The van der Waals surface area contributed by atoms with Crippen LogP contribution in [0.3, 0.4) is 0 Å². The molecular weight excluding hydrogens is 262 g/mol. The molecule has 0 spiro atoms. The van der Waals surface area contributed by atoms with Crippen molar-refractivity contribution in [2.24, 2.45) is 0 Å². The van der Waals surface area contributed by atoms with Crippen molar-refractivity contribution in [3.63, 3.8) is 0 Å². The number of amides is 1. The first-order chi connectivity index (χ1) is 9.46. The van der Waals surface area contributed by atoms with Crippen LogP contribution in [-0.2, 0) is 9.53 Å². The minimum absolute atomic E-state index is 0.0820. The molecule has 6 heteroatoms. The summed E-state index contributed by atoms with van der Waals surface area (Å²) in [4.78, 5) is 23.2. The largest absolute Gasteiger partial charge is 0.495 e. The molecule has 0 aliphatic carbocycles. The Labute approximate surface area is 116 Å². The highest BCUT2D eigenvalue weighted by Gasteiger charge is 2.38. The Balaban J connectivity index is 2.25. The standard InChI is InChI=1S/C14H17NO5/c1-14(6-3-7-20-14)13(18)15-10-8-9(12(16)17)4-5-11(10)19-2/h4-5,8H,3,6-7H2,1-2H3,(H,15,18)(H,16,17). The molecule has 2 rings (SSSR count). The fourth-order valence-corrected chi connectivity index (χ4v) is 2.15. The zero-order chi connectivity index (χ0) is 14.8. The second-order valence-electron chi connectivity index (χ2n) is 4.86. The molecule has 1 saturated heterocycles. The van der Waals surface area contributed by atoms with Crippen molar-refractivity contribution in [2.75, 3.05) is 19.0 Å². The molecule has 1 atom stereocenters. The van der Waals surface area contributed by atoms with Crippen molar-refractivity contribution >= 4 is 17.6 Å². The number of nitrogens with one attached hydrogen (secondary N) is 1. The highest BCUT2D eigenvalue weighted by atomic mass is 16.5. The number of aromatic carboxylic acids is 1. The van der Waals surface area contributed by atoms with Crippen LogP contribution in [0, 0.1) is 0 Å². The molecule has 1 aliphatic rings. The minimum atomic E-state index is -1.06. The molecule has 1 aliphatic heterocycles. The van der Waals surface area contributed by atoms with E-state index in [2.05, 4.69) is 5.32 Å². The van der Waals surface area contributed by atoms with Crippen LogP contribution in [0.4, 0.5) is 5.69 Å². The summed E-state index contributed by atoms with van der Waals surface area (Å²) in [5.74, 6) is -0.952. The van der Waals surface area contributed by atoms with Gasteiger partial charge in [-0.2, -0.15) is 0 Å². The average Bonchev–Trinajstić information content (AvgIpc) is 2.87. The van der Waals surface area contributed by atoms with E-state index < -0.39 is 11.6 Å². The van der Waals surface area contributed by atoms with E-state index in [0.29, 0.717) is 24.5 Å². The Hall–Kier alpha value is -2.08. The van der Waals surface area contributed by atoms with E-state index in [-0.39, 0.29) is 11.5 Å². The number of anilines is 1. The Bertz CT molecular complexity index is 534. The molecule has 108 valence electrons. The molecular formula is C14H17NO5. The Morgan fingerprint density at radius 3 is 2.75 bits per heavy atom. The third-order valence-electron chi connectivity index (χ3n) is 3.39. The average molecular weight is 279 g/mol. The topological polar surface area (TPSA) is 84.9 Å². The number of benzene rings is 1. The van der Waals surface area contributed by atoms with Gasteiger partial charge in [0.05, 0.1) is 18.4 Å². The fourth-order valence-electron chi connectivity index (χ4n) is 2.15.